The number of ether oxygens (including phenoxy) is 1. The van der Waals surface area contributed by atoms with E-state index in [1.54, 1.807) is 12.1 Å². The number of anilines is 1. The highest BCUT2D eigenvalue weighted by atomic mass is 35.5. The average molecular weight is 422 g/mol. The Morgan fingerprint density at radius 3 is 2.43 bits per heavy atom. The van der Waals surface area contributed by atoms with E-state index in [0.717, 1.165) is 0 Å². The first-order valence-corrected chi connectivity index (χ1v) is 9.76. The van der Waals surface area contributed by atoms with Crippen molar-refractivity contribution in [3.05, 3.63) is 58.6 Å². The highest BCUT2D eigenvalue weighted by molar-refractivity contribution is 7.92. The molecular weight excluding hydrogens is 406 g/mol. The Labute approximate surface area is 167 Å². The summed E-state index contributed by atoms with van der Waals surface area (Å²) in [5, 5.41) is 11.3. The normalized spacial score (nSPS) is 10.6. The van der Waals surface area contributed by atoms with Crippen LogP contribution in [0.4, 0.5) is 5.69 Å². The topological polar surface area (TPSA) is 125 Å². The van der Waals surface area contributed by atoms with Gasteiger partial charge in [-0.05, 0) is 35.9 Å². The molecule has 0 aliphatic carbocycles. The van der Waals surface area contributed by atoms with Crippen LogP contribution < -0.4 is 10.0 Å². The highest BCUT2D eigenvalue weighted by Gasteiger charge is 2.16. The Kier molecular flexibility index (Phi) is 6.98. The van der Waals surface area contributed by atoms with Gasteiger partial charge < -0.3 is 10.1 Å². The number of carbonyl (C=O) groups excluding carboxylic acids is 2. The molecule has 0 saturated heterocycles. The minimum absolute atomic E-state index is 0.0231. The van der Waals surface area contributed by atoms with Gasteiger partial charge >= 0.3 is 5.97 Å². The fourth-order valence-electron chi connectivity index (χ4n) is 2.15. The molecule has 2 N–H and O–H groups in total. The smallest absolute Gasteiger partial charge is 0.325 e. The van der Waals surface area contributed by atoms with Gasteiger partial charge in [-0.25, -0.2) is 8.42 Å². The number of hydrogen-bond acceptors (Lipinski definition) is 6. The minimum Gasteiger partial charge on any atom is -0.468 e. The first-order chi connectivity index (χ1) is 13.2. The van der Waals surface area contributed by atoms with Crippen LogP contribution in [0.1, 0.15) is 11.1 Å². The SMILES string of the molecule is COC(=O)CNC(=O)Cc1ccc(NS(=O)(=O)c2ccc(C#N)c(Cl)c2)cc1. The fourth-order valence-corrected chi connectivity index (χ4v) is 3.52. The zero-order chi connectivity index (χ0) is 20.7. The number of methoxy groups -OCH3 is 1. The van der Waals surface area contributed by atoms with Crippen molar-refractivity contribution in [2.24, 2.45) is 0 Å². The lowest BCUT2D eigenvalue weighted by molar-refractivity contribution is -0.141. The third-order valence-corrected chi connectivity index (χ3v) is 5.29. The molecule has 10 heteroatoms. The molecule has 28 heavy (non-hydrogen) atoms. The molecule has 0 saturated carbocycles. The van der Waals surface area contributed by atoms with Crippen molar-refractivity contribution in [2.75, 3.05) is 18.4 Å². The Morgan fingerprint density at radius 1 is 1.18 bits per heavy atom. The van der Waals surface area contributed by atoms with Gasteiger partial charge in [0.25, 0.3) is 10.0 Å². The third-order valence-electron chi connectivity index (χ3n) is 3.60. The zero-order valence-electron chi connectivity index (χ0n) is 14.7. The number of nitrogens with one attached hydrogen (secondary N) is 2. The summed E-state index contributed by atoms with van der Waals surface area (Å²) in [7, 11) is -2.67. The molecule has 0 heterocycles. The van der Waals surface area contributed by atoms with E-state index in [-0.39, 0.29) is 34.4 Å². The van der Waals surface area contributed by atoms with Crippen LogP contribution >= 0.6 is 11.6 Å². The number of benzene rings is 2. The predicted octanol–water partition coefficient (Wildman–Crippen LogP) is 1.84. The summed E-state index contributed by atoms with van der Waals surface area (Å²) in [4.78, 5) is 22.7. The first-order valence-electron chi connectivity index (χ1n) is 7.90. The molecule has 146 valence electrons. The molecule has 1 amide bonds. The third kappa shape index (κ3) is 5.70. The van der Waals surface area contributed by atoms with Crippen molar-refractivity contribution >= 4 is 39.2 Å². The molecular formula is C18H16ClN3O5S. The van der Waals surface area contributed by atoms with Gasteiger partial charge in [0.15, 0.2) is 0 Å². The molecule has 0 aliphatic rings. The Balaban J connectivity index is 2.03. The molecule has 0 aliphatic heterocycles. The number of rotatable bonds is 7. The molecule has 0 aromatic heterocycles. The van der Waals surface area contributed by atoms with Crippen LogP contribution in [0.25, 0.3) is 0 Å². The monoisotopic (exact) mass is 421 g/mol. The molecule has 2 rings (SSSR count). The lowest BCUT2D eigenvalue weighted by Crippen LogP contribution is -2.31. The van der Waals surface area contributed by atoms with Crippen LogP contribution in [0, 0.1) is 11.3 Å². The van der Waals surface area contributed by atoms with E-state index >= 15 is 0 Å². The van der Waals surface area contributed by atoms with Crippen LogP contribution in [-0.4, -0.2) is 33.9 Å². The maximum Gasteiger partial charge on any atom is 0.325 e. The Morgan fingerprint density at radius 2 is 1.86 bits per heavy atom. The second-order valence-electron chi connectivity index (χ2n) is 5.59. The van der Waals surface area contributed by atoms with Crippen molar-refractivity contribution in [3.63, 3.8) is 0 Å². The molecule has 0 spiro atoms. The van der Waals surface area contributed by atoms with E-state index in [2.05, 4.69) is 14.8 Å². The summed E-state index contributed by atoms with van der Waals surface area (Å²) in [5.74, 6) is -0.924. The quantitative estimate of drug-likeness (QED) is 0.657. The number of carbonyl (C=O) groups is 2. The molecule has 0 atom stereocenters. The summed E-state index contributed by atoms with van der Waals surface area (Å²) in [6.45, 7) is -0.222. The lowest BCUT2D eigenvalue weighted by Gasteiger charge is -2.10. The summed E-state index contributed by atoms with van der Waals surface area (Å²) >= 11 is 5.88. The highest BCUT2D eigenvalue weighted by Crippen LogP contribution is 2.22. The number of hydrogen-bond donors (Lipinski definition) is 2. The van der Waals surface area contributed by atoms with Gasteiger partial charge in [0, 0.05) is 5.69 Å². The van der Waals surface area contributed by atoms with Gasteiger partial charge in [-0.15, -0.1) is 0 Å². The second-order valence-corrected chi connectivity index (χ2v) is 7.68. The first kappa shape index (κ1) is 21.2. The van der Waals surface area contributed by atoms with Gasteiger partial charge in [0.1, 0.15) is 12.6 Å². The molecule has 0 bridgehead atoms. The molecule has 2 aromatic rings. The number of nitrogens with zero attached hydrogens (tertiary/aromatic N) is 1. The van der Waals surface area contributed by atoms with Crippen LogP contribution in [0.15, 0.2) is 47.4 Å². The predicted molar refractivity (Wildman–Crippen MR) is 102 cm³/mol. The maximum atomic E-state index is 12.4. The number of esters is 1. The standard InChI is InChI=1S/C18H16ClN3O5S/c1-27-18(24)11-21-17(23)8-12-2-5-14(6-3-12)22-28(25,26)15-7-4-13(10-20)16(19)9-15/h2-7,9,22H,8,11H2,1H3,(H,21,23). The van der Waals surface area contributed by atoms with E-state index in [1.807, 2.05) is 6.07 Å². The average Bonchev–Trinajstić information content (AvgIpc) is 2.67. The summed E-state index contributed by atoms with van der Waals surface area (Å²) in [6.07, 6.45) is 0.0231. The lowest BCUT2D eigenvalue weighted by atomic mass is 10.1. The number of halogens is 1. The van der Waals surface area contributed by atoms with Crippen molar-refractivity contribution in [1.29, 1.82) is 5.26 Å². The van der Waals surface area contributed by atoms with Crippen molar-refractivity contribution in [1.82, 2.24) is 5.32 Å². The zero-order valence-corrected chi connectivity index (χ0v) is 16.3. The Bertz CT molecular complexity index is 1030. The largest absolute Gasteiger partial charge is 0.468 e. The van der Waals surface area contributed by atoms with Crippen LogP contribution in [0.2, 0.25) is 5.02 Å². The van der Waals surface area contributed by atoms with Crippen LogP contribution in [0.5, 0.6) is 0 Å². The van der Waals surface area contributed by atoms with E-state index in [1.165, 1.54) is 37.4 Å². The number of sulfonamides is 1. The van der Waals surface area contributed by atoms with Gasteiger partial charge in [0.05, 0.1) is 29.0 Å². The van der Waals surface area contributed by atoms with Crippen molar-refractivity contribution in [3.8, 4) is 6.07 Å². The van der Waals surface area contributed by atoms with Gasteiger partial charge in [-0.1, -0.05) is 23.7 Å². The minimum atomic E-state index is -3.89. The molecule has 8 nitrogen and oxygen atoms in total. The number of nitriles is 1. The summed E-state index contributed by atoms with van der Waals surface area (Å²) in [6, 6.07) is 11.8. The van der Waals surface area contributed by atoms with E-state index < -0.39 is 16.0 Å². The Hall–Kier alpha value is -3.09. The van der Waals surface area contributed by atoms with Gasteiger partial charge in [-0.2, -0.15) is 5.26 Å². The summed E-state index contributed by atoms with van der Waals surface area (Å²) in [5.41, 5.74) is 1.10. The van der Waals surface area contributed by atoms with E-state index in [0.29, 0.717) is 11.3 Å². The molecule has 0 radical (unpaired) electrons. The maximum absolute atomic E-state index is 12.4. The number of amides is 1. The van der Waals surface area contributed by atoms with Crippen LogP contribution in [-0.2, 0) is 30.8 Å². The fraction of sp³-hybridized carbons (Fsp3) is 0.167. The van der Waals surface area contributed by atoms with Crippen LogP contribution in [0.3, 0.4) is 0 Å². The molecule has 0 fully saturated rings. The molecule has 0 unspecified atom stereocenters. The van der Waals surface area contributed by atoms with E-state index in [9.17, 15) is 18.0 Å². The van der Waals surface area contributed by atoms with E-state index in [4.69, 9.17) is 16.9 Å². The summed E-state index contributed by atoms with van der Waals surface area (Å²) < 4.78 is 31.7. The van der Waals surface area contributed by atoms with Crippen molar-refractivity contribution < 1.29 is 22.7 Å². The van der Waals surface area contributed by atoms with Gasteiger partial charge in [-0.3, -0.25) is 14.3 Å². The molecule has 2 aromatic carbocycles. The second kappa shape index (κ2) is 9.21. The van der Waals surface area contributed by atoms with Crippen molar-refractivity contribution in [2.45, 2.75) is 11.3 Å². The van der Waals surface area contributed by atoms with Gasteiger partial charge in [0.2, 0.25) is 5.91 Å².